The third kappa shape index (κ3) is 2.93. The summed E-state index contributed by atoms with van der Waals surface area (Å²) in [7, 11) is 0. The van der Waals surface area contributed by atoms with Crippen LogP contribution in [0.15, 0.2) is 36.5 Å². The van der Waals surface area contributed by atoms with E-state index in [-0.39, 0.29) is 5.92 Å². The molecule has 2 N–H and O–H groups in total. The van der Waals surface area contributed by atoms with Gasteiger partial charge in [0.05, 0.1) is 11.1 Å². The van der Waals surface area contributed by atoms with Crippen LogP contribution >= 0.6 is 0 Å². The van der Waals surface area contributed by atoms with Gasteiger partial charge in [-0.3, -0.25) is 9.78 Å². The molecule has 1 aromatic carbocycles. The molecule has 104 valence electrons. The average molecular weight is 272 g/mol. The molecule has 1 heterocycles. The quantitative estimate of drug-likeness (QED) is 0.893. The van der Waals surface area contributed by atoms with Crippen molar-refractivity contribution in [2.24, 2.45) is 5.92 Å². The molecule has 0 saturated heterocycles. The van der Waals surface area contributed by atoms with Gasteiger partial charge in [-0.1, -0.05) is 32.0 Å². The van der Waals surface area contributed by atoms with E-state index in [0.29, 0.717) is 5.56 Å². The van der Waals surface area contributed by atoms with Crippen molar-refractivity contribution >= 4 is 22.8 Å². The molecule has 2 aromatic rings. The zero-order valence-corrected chi connectivity index (χ0v) is 11.3. The normalized spacial score (nSPS) is 12.3. The van der Waals surface area contributed by atoms with E-state index in [1.807, 2.05) is 24.3 Å². The molecular formula is C15H16N2O3. The molecule has 0 aliphatic heterocycles. The van der Waals surface area contributed by atoms with Gasteiger partial charge >= 0.3 is 5.97 Å². The number of hydrogen-bond acceptors (Lipinski definition) is 3. The topological polar surface area (TPSA) is 79.3 Å². The smallest absolute Gasteiger partial charge is 0.326 e. The number of carbonyl (C=O) groups is 2. The molecule has 0 unspecified atom stereocenters. The lowest BCUT2D eigenvalue weighted by molar-refractivity contribution is -0.140. The minimum absolute atomic E-state index is 0.190. The third-order valence-electron chi connectivity index (χ3n) is 3.07. The number of nitrogens with one attached hydrogen (secondary N) is 1. The maximum absolute atomic E-state index is 12.1. The Labute approximate surface area is 116 Å². The van der Waals surface area contributed by atoms with Gasteiger partial charge in [0, 0.05) is 11.6 Å². The first kappa shape index (κ1) is 14.0. The number of rotatable bonds is 4. The predicted molar refractivity (Wildman–Crippen MR) is 75.5 cm³/mol. The Hall–Kier alpha value is -2.43. The minimum Gasteiger partial charge on any atom is -0.480 e. The average Bonchev–Trinajstić information content (AvgIpc) is 2.43. The maximum atomic E-state index is 12.1. The molecule has 0 spiro atoms. The zero-order chi connectivity index (χ0) is 14.7. The summed E-state index contributed by atoms with van der Waals surface area (Å²) in [4.78, 5) is 27.4. The van der Waals surface area contributed by atoms with E-state index in [9.17, 15) is 9.59 Å². The fraction of sp³-hybridized carbons (Fsp3) is 0.267. The lowest BCUT2D eigenvalue weighted by Gasteiger charge is -2.17. The first-order chi connectivity index (χ1) is 9.49. The van der Waals surface area contributed by atoms with Crippen molar-refractivity contribution in [2.45, 2.75) is 19.9 Å². The van der Waals surface area contributed by atoms with Gasteiger partial charge in [-0.05, 0) is 18.1 Å². The fourth-order valence-electron chi connectivity index (χ4n) is 1.93. The summed E-state index contributed by atoms with van der Waals surface area (Å²) in [5, 5.41) is 12.4. The lowest BCUT2D eigenvalue weighted by atomic mass is 10.0. The second-order valence-corrected chi connectivity index (χ2v) is 4.95. The summed E-state index contributed by atoms with van der Waals surface area (Å²) in [5.74, 6) is -1.66. The number of fused-ring (bicyclic) bond motifs is 1. The van der Waals surface area contributed by atoms with Gasteiger partial charge in [0.15, 0.2) is 0 Å². The number of aliphatic carboxylic acids is 1. The van der Waals surface area contributed by atoms with Gasteiger partial charge in [0.2, 0.25) is 0 Å². The number of benzene rings is 1. The van der Waals surface area contributed by atoms with Gasteiger partial charge in [-0.2, -0.15) is 0 Å². The number of carbonyl (C=O) groups excluding carboxylic acids is 1. The van der Waals surface area contributed by atoms with Crippen LogP contribution in [0.4, 0.5) is 0 Å². The van der Waals surface area contributed by atoms with Crippen molar-refractivity contribution in [3.8, 4) is 0 Å². The molecule has 0 aliphatic carbocycles. The second kappa shape index (κ2) is 5.69. The second-order valence-electron chi connectivity index (χ2n) is 4.95. The van der Waals surface area contributed by atoms with E-state index in [2.05, 4.69) is 10.3 Å². The highest BCUT2D eigenvalue weighted by atomic mass is 16.4. The van der Waals surface area contributed by atoms with Crippen LogP contribution in [0, 0.1) is 5.92 Å². The Bertz CT molecular complexity index is 652. The molecule has 5 nitrogen and oxygen atoms in total. The number of amides is 1. The molecule has 0 fully saturated rings. The maximum Gasteiger partial charge on any atom is 0.326 e. The Kier molecular flexibility index (Phi) is 3.98. The van der Waals surface area contributed by atoms with Crippen LogP contribution in [-0.4, -0.2) is 28.0 Å². The molecule has 5 heteroatoms. The van der Waals surface area contributed by atoms with Crippen LogP contribution < -0.4 is 5.32 Å². The van der Waals surface area contributed by atoms with Gasteiger partial charge in [0.1, 0.15) is 6.04 Å². The van der Waals surface area contributed by atoms with Crippen LogP contribution in [0.1, 0.15) is 24.2 Å². The molecule has 0 radical (unpaired) electrons. The molecule has 0 bridgehead atoms. The Balaban J connectivity index is 2.24. The standard InChI is InChI=1S/C15H16N2O3/c1-9(2)13(15(19)20)17-14(18)11-7-10-5-3-4-6-12(10)16-8-11/h3-9,13H,1-2H3,(H,17,18)(H,19,20)/t13-/m1/s1. The molecule has 1 amide bonds. The summed E-state index contributed by atoms with van der Waals surface area (Å²) in [5.41, 5.74) is 1.15. The predicted octanol–water partition coefficient (Wildman–Crippen LogP) is 2.07. The number of nitrogens with zero attached hydrogens (tertiary/aromatic N) is 1. The van der Waals surface area contributed by atoms with Crippen LogP contribution in [0.25, 0.3) is 10.9 Å². The molecule has 20 heavy (non-hydrogen) atoms. The Morgan fingerprint density at radius 3 is 2.60 bits per heavy atom. The third-order valence-corrected chi connectivity index (χ3v) is 3.07. The van der Waals surface area contributed by atoms with E-state index >= 15 is 0 Å². The van der Waals surface area contributed by atoms with E-state index < -0.39 is 17.9 Å². The number of hydrogen-bond donors (Lipinski definition) is 2. The number of aromatic nitrogens is 1. The molecule has 2 rings (SSSR count). The minimum atomic E-state index is -1.04. The highest BCUT2D eigenvalue weighted by molar-refractivity contribution is 5.99. The molecule has 1 atom stereocenters. The van der Waals surface area contributed by atoms with E-state index in [4.69, 9.17) is 5.11 Å². The van der Waals surface area contributed by atoms with Crippen LogP contribution in [0.2, 0.25) is 0 Å². The fourth-order valence-corrected chi connectivity index (χ4v) is 1.93. The summed E-state index contributed by atoms with van der Waals surface area (Å²) in [6.07, 6.45) is 1.46. The largest absolute Gasteiger partial charge is 0.480 e. The number of para-hydroxylation sites is 1. The van der Waals surface area contributed by atoms with Crippen molar-refractivity contribution < 1.29 is 14.7 Å². The summed E-state index contributed by atoms with van der Waals surface area (Å²) < 4.78 is 0. The molecule has 0 aliphatic rings. The van der Waals surface area contributed by atoms with Crippen molar-refractivity contribution in [1.82, 2.24) is 10.3 Å². The monoisotopic (exact) mass is 272 g/mol. The number of carboxylic acid groups (broad SMARTS) is 1. The molecule has 1 aromatic heterocycles. The first-order valence-corrected chi connectivity index (χ1v) is 6.37. The zero-order valence-electron chi connectivity index (χ0n) is 11.3. The number of pyridine rings is 1. The first-order valence-electron chi connectivity index (χ1n) is 6.37. The summed E-state index contributed by atoms with van der Waals surface area (Å²) in [6, 6.07) is 8.24. The summed E-state index contributed by atoms with van der Waals surface area (Å²) in [6.45, 7) is 3.50. The van der Waals surface area contributed by atoms with Gasteiger partial charge in [-0.15, -0.1) is 0 Å². The van der Waals surface area contributed by atoms with Gasteiger partial charge in [-0.25, -0.2) is 4.79 Å². The number of carboxylic acids is 1. The summed E-state index contributed by atoms with van der Waals surface area (Å²) >= 11 is 0. The van der Waals surface area contributed by atoms with Gasteiger partial charge < -0.3 is 10.4 Å². The van der Waals surface area contributed by atoms with Crippen molar-refractivity contribution in [3.05, 3.63) is 42.1 Å². The Morgan fingerprint density at radius 2 is 1.95 bits per heavy atom. The SMILES string of the molecule is CC(C)[C@@H](NC(=O)c1cnc2ccccc2c1)C(=O)O. The van der Waals surface area contributed by atoms with Crippen LogP contribution in [-0.2, 0) is 4.79 Å². The van der Waals surface area contributed by atoms with Crippen molar-refractivity contribution in [2.75, 3.05) is 0 Å². The van der Waals surface area contributed by atoms with Crippen LogP contribution in [0.3, 0.4) is 0 Å². The van der Waals surface area contributed by atoms with Crippen LogP contribution in [0.5, 0.6) is 0 Å². The van der Waals surface area contributed by atoms with Crippen molar-refractivity contribution in [3.63, 3.8) is 0 Å². The lowest BCUT2D eigenvalue weighted by Crippen LogP contribution is -2.44. The molecule has 0 saturated carbocycles. The Morgan fingerprint density at radius 1 is 1.25 bits per heavy atom. The van der Waals surface area contributed by atoms with E-state index in [0.717, 1.165) is 10.9 Å². The van der Waals surface area contributed by atoms with E-state index in [1.54, 1.807) is 19.9 Å². The highest BCUT2D eigenvalue weighted by Crippen LogP contribution is 2.13. The van der Waals surface area contributed by atoms with Gasteiger partial charge in [0.25, 0.3) is 5.91 Å². The van der Waals surface area contributed by atoms with Crippen molar-refractivity contribution in [1.29, 1.82) is 0 Å². The highest BCUT2D eigenvalue weighted by Gasteiger charge is 2.24. The molecular weight excluding hydrogens is 256 g/mol. The van der Waals surface area contributed by atoms with E-state index in [1.165, 1.54) is 6.20 Å².